The third-order valence-electron chi connectivity index (χ3n) is 2.45. The van der Waals surface area contributed by atoms with E-state index in [2.05, 4.69) is 14.9 Å². The molecule has 80 valence electrons. The molecule has 1 N–H and O–H groups in total. The Hall–Kier alpha value is -1.85. The molecule has 0 aromatic carbocycles. The van der Waals surface area contributed by atoms with Gasteiger partial charge in [-0.1, -0.05) is 0 Å². The third kappa shape index (κ3) is 1.70. The van der Waals surface area contributed by atoms with E-state index in [0.29, 0.717) is 19.5 Å². The Morgan fingerprint density at radius 1 is 1.60 bits per heavy atom. The number of amides is 1. The topological polar surface area (TPSA) is 75.3 Å². The predicted molar refractivity (Wildman–Crippen MR) is 49.7 cm³/mol. The van der Waals surface area contributed by atoms with Gasteiger partial charge in [0.2, 0.25) is 0 Å². The van der Waals surface area contributed by atoms with Crippen LogP contribution in [0.4, 0.5) is 0 Å². The summed E-state index contributed by atoms with van der Waals surface area (Å²) < 4.78 is 4.38. The molecule has 6 nitrogen and oxygen atoms in total. The molecule has 0 saturated carbocycles. The van der Waals surface area contributed by atoms with Crippen molar-refractivity contribution >= 4 is 11.9 Å². The molecule has 1 aliphatic heterocycles. The lowest BCUT2D eigenvalue weighted by Crippen LogP contribution is -2.40. The fourth-order valence-electron chi connectivity index (χ4n) is 1.61. The number of esters is 1. The molecular weight excluding hydrogens is 198 g/mol. The van der Waals surface area contributed by atoms with Crippen LogP contribution in [0, 0.1) is 0 Å². The van der Waals surface area contributed by atoms with E-state index in [4.69, 9.17) is 0 Å². The molecule has 1 amide bonds. The lowest BCUT2D eigenvalue weighted by Gasteiger charge is -2.25. The number of nitrogens with zero attached hydrogens (tertiary/aromatic N) is 2. The number of methoxy groups -OCH3 is 1. The zero-order valence-corrected chi connectivity index (χ0v) is 8.32. The number of carbonyl (C=O) groups excluding carboxylic acids is 2. The summed E-state index contributed by atoms with van der Waals surface area (Å²) in [7, 11) is 1.20. The number of aromatic nitrogens is 2. The molecule has 15 heavy (non-hydrogen) atoms. The van der Waals surface area contributed by atoms with Gasteiger partial charge in [0.25, 0.3) is 0 Å². The summed E-state index contributed by atoms with van der Waals surface area (Å²) >= 11 is 0. The van der Waals surface area contributed by atoms with E-state index >= 15 is 0 Å². The normalized spacial score (nSPS) is 14.6. The number of carbonyl (C=O) groups is 2. The minimum absolute atomic E-state index is 0.392. The number of hydrogen-bond donors (Lipinski definition) is 1. The van der Waals surface area contributed by atoms with Crippen molar-refractivity contribution in [2.24, 2.45) is 0 Å². The molecule has 0 spiro atoms. The average Bonchev–Trinajstić information content (AvgIpc) is 2.73. The molecule has 2 heterocycles. The van der Waals surface area contributed by atoms with Crippen molar-refractivity contribution in [3.8, 4) is 0 Å². The molecular formula is C9H11N3O3. The molecule has 6 heteroatoms. The molecule has 1 aromatic rings. The SMILES string of the molecule is COC(=O)C(=O)N1CCc2cn[nH]c2C1. The Bertz CT molecular complexity index is 399. The summed E-state index contributed by atoms with van der Waals surface area (Å²) in [6, 6.07) is 0. The Morgan fingerprint density at radius 3 is 3.13 bits per heavy atom. The van der Waals surface area contributed by atoms with E-state index in [1.54, 1.807) is 6.20 Å². The zero-order chi connectivity index (χ0) is 10.8. The van der Waals surface area contributed by atoms with E-state index in [9.17, 15) is 9.59 Å². The van der Waals surface area contributed by atoms with Crippen molar-refractivity contribution in [2.75, 3.05) is 13.7 Å². The highest BCUT2D eigenvalue weighted by Crippen LogP contribution is 2.15. The number of H-pyrrole nitrogens is 1. The third-order valence-corrected chi connectivity index (χ3v) is 2.45. The van der Waals surface area contributed by atoms with Crippen molar-refractivity contribution in [1.82, 2.24) is 15.1 Å². The summed E-state index contributed by atoms with van der Waals surface area (Å²) in [4.78, 5) is 24.0. The Kier molecular flexibility index (Phi) is 2.40. The van der Waals surface area contributed by atoms with Crippen molar-refractivity contribution < 1.29 is 14.3 Å². The molecule has 0 saturated heterocycles. The Balaban J connectivity index is 2.10. The van der Waals surface area contributed by atoms with Gasteiger partial charge in [0.1, 0.15) is 0 Å². The lowest BCUT2D eigenvalue weighted by atomic mass is 10.1. The van der Waals surface area contributed by atoms with Crippen molar-refractivity contribution in [1.29, 1.82) is 0 Å². The van der Waals surface area contributed by atoms with E-state index < -0.39 is 11.9 Å². The van der Waals surface area contributed by atoms with Gasteiger partial charge in [-0.2, -0.15) is 5.10 Å². The van der Waals surface area contributed by atoms with Gasteiger partial charge < -0.3 is 9.64 Å². The quantitative estimate of drug-likeness (QED) is 0.460. The van der Waals surface area contributed by atoms with Crippen LogP contribution in [-0.2, 0) is 27.3 Å². The first-order valence-corrected chi connectivity index (χ1v) is 4.60. The molecule has 0 radical (unpaired) electrons. The van der Waals surface area contributed by atoms with Crippen LogP contribution in [0.1, 0.15) is 11.3 Å². The van der Waals surface area contributed by atoms with Crippen LogP contribution in [0.25, 0.3) is 0 Å². The number of nitrogens with one attached hydrogen (secondary N) is 1. The number of aromatic amines is 1. The van der Waals surface area contributed by atoms with Gasteiger partial charge in [-0.3, -0.25) is 9.89 Å². The number of fused-ring (bicyclic) bond motifs is 1. The van der Waals surface area contributed by atoms with Crippen molar-refractivity contribution in [3.63, 3.8) is 0 Å². The first-order valence-electron chi connectivity index (χ1n) is 4.60. The Labute approximate surface area is 86.2 Å². The molecule has 0 bridgehead atoms. The van der Waals surface area contributed by atoms with Crippen LogP contribution in [0.15, 0.2) is 6.20 Å². The largest absolute Gasteiger partial charge is 0.462 e. The molecule has 0 unspecified atom stereocenters. The second kappa shape index (κ2) is 3.72. The standard InChI is InChI=1S/C9H11N3O3/c1-15-9(14)8(13)12-3-2-6-4-10-11-7(6)5-12/h4H,2-3,5H2,1H3,(H,10,11). The fourth-order valence-corrected chi connectivity index (χ4v) is 1.61. The van der Waals surface area contributed by atoms with Gasteiger partial charge in [-0.15, -0.1) is 0 Å². The minimum Gasteiger partial charge on any atom is -0.462 e. The lowest BCUT2D eigenvalue weighted by molar-refractivity contribution is -0.158. The van der Waals surface area contributed by atoms with Crippen molar-refractivity contribution in [2.45, 2.75) is 13.0 Å². The van der Waals surface area contributed by atoms with Crippen LogP contribution in [0.5, 0.6) is 0 Å². The highest BCUT2D eigenvalue weighted by atomic mass is 16.5. The monoisotopic (exact) mass is 209 g/mol. The van der Waals surface area contributed by atoms with Gasteiger partial charge in [-0.05, 0) is 12.0 Å². The Morgan fingerprint density at radius 2 is 2.40 bits per heavy atom. The molecule has 0 atom stereocenters. The van der Waals surface area contributed by atoms with Crippen LogP contribution in [-0.4, -0.2) is 40.6 Å². The predicted octanol–water partition coefficient (Wildman–Crippen LogP) is -0.533. The summed E-state index contributed by atoms with van der Waals surface area (Å²) in [5, 5.41) is 6.69. The second-order valence-corrected chi connectivity index (χ2v) is 3.34. The van der Waals surface area contributed by atoms with Crippen LogP contribution in [0.2, 0.25) is 0 Å². The number of rotatable bonds is 0. The fraction of sp³-hybridized carbons (Fsp3) is 0.444. The summed E-state index contributed by atoms with van der Waals surface area (Å²) in [6.45, 7) is 0.920. The summed E-state index contributed by atoms with van der Waals surface area (Å²) in [5.74, 6) is -1.42. The van der Waals surface area contributed by atoms with E-state index in [0.717, 1.165) is 11.3 Å². The van der Waals surface area contributed by atoms with Crippen LogP contribution in [0.3, 0.4) is 0 Å². The molecule has 2 rings (SSSR count). The van der Waals surface area contributed by atoms with E-state index in [1.165, 1.54) is 12.0 Å². The van der Waals surface area contributed by atoms with E-state index in [1.807, 2.05) is 0 Å². The molecule has 0 aliphatic carbocycles. The average molecular weight is 209 g/mol. The number of hydrogen-bond acceptors (Lipinski definition) is 4. The number of ether oxygens (including phenoxy) is 1. The summed E-state index contributed by atoms with van der Waals surface area (Å²) in [6.07, 6.45) is 2.46. The highest BCUT2D eigenvalue weighted by Gasteiger charge is 2.26. The van der Waals surface area contributed by atoms with Crippen LogP contribution < -0.4 is 0 Å². The van der Waals surface area contributed by atoms with Gasteiger partial charge in [0.05, 0.1) is 25.5 Å². The van der Waals surface area contributed by atoms with E-state index in [-0.39, 0.29) is 0 Å². The van der Waals surface area contributed by atoms with Crippen molar-refractivity contribution in [3.05, 3.63) is 17.5 Å². The molecule has 0 fully saturated rings. The molecule has 1 aromatic heterocycles. The maximum absolute atomic E-state index is 11.5. The second-order valence-electron chi connectivity index (χ2n) is 3.34. The summed E-state index contributed by atoms with van der Waals surface area (Å²) in [5.41, 5.74) is 1.99. The van der Waals surface area contributed by atoms with Gasteiger partial charge in [-0.25, -0.2) is 4.79 Å². The molecule has 1 aliphatic rings. The van der Waals surface area contributed by atoms with Gasteiger partial charge in [0, 0.05) is 6.54 Å². The van der Waals surface area contributed by atoms with Gasteiger partial charge >= 0.3 is 11.9 Å². The first-order chi connectivity index (χ1) is 7.22. The maximum Gasteiger partial charge on any atom is 0.396 e. The van der Waals surface area contributed by atoms with Gasteiger partial charge in [0.15, 0.2) is 0 Å². The smallest absolute Gasteiger partial charge is 0.396 e. The maximum atomic E-state index is 11.5. The first kappa shape index (κ1) is 9.70. The highest BCUT2D eigenvalue weighted by molar-refractivity contribution is 6.32. The minimum atomic E-state index is -0.821. The zero-order valence-electron chi connectivity index (χ0n) is 8.32. The van der Waals surface area contributed by atoms with Crippen LogP contribution >= 0.6 is 0 Å².